The van der Waals surface area contributed by atoms with Gasteiger partial charge in [-0.1, -0.05) is 65.1 Å². The number of carbonyl (C=O) groups excluding carboxylic acids is 1. The third kappa shape index (κ3) is 5.66. The summed E-state index contributed by atoms with van der Waals surface area (Å²) in [5, 5.41) is 5.58. The lowest BCUT2D eigenvalue weighted by atomic mass is 10.2. The van der Waals surface area contributed by atoms with Crippen LogP contribution in [0.5, 0.6) is 0 Å². The number of hydrogen-bond acceptors (Lipinski definition) is 2. The van der Waals surface area contributed by atoms with E-state index in [1.165, 1.54) is 24.3 Å². The van der Waals surface area contributed by atoms with Gasteiger partial charge >= 0.3 is 0 Å². The van der Waals surface area contributed by atoms with E-state index in [1.54, 1.807) is 0 Å². The predicted octanol–water partition coefficient (Wildman–Crippen LogP) is 4.04. The Hall–Kier alpha value is -1.33. The molecule has 0 aliphatic heterocycles. The largest absolute Gasteiger partial charge is 0.333 e. The first-order valence-corrected chi connectivity index (χ1v) is 7.90. The number of halogens is 4. The molecule has 2 rings (SSSR count). The maximum atomic E-state index is 12.9. The highest BCUT2D eigenvalue weighted by Crippen LogP contribution is 2.29. The molecule has 122 valence electrons. The molecule has 0 aliphatic rings. The summed E-state index contributed by atoms with van der Waals surface area (Å²) < 4.78 is 11.2. The Kier molecular flexibility index (Phi) is 6.25. The minimum Gasteiger partial charge on any atom is -0.333 e. The number of nitrogens with one attached hydrogen (secondary N) is 2. The molecule has 7 heteroatoms. The molecule has 0 radical (unpaired) electrons. The standard InChI is InChI=1S/C16H14Cl3FN2O/c17-16(18,19)15(21-10-11-4-2-1-3-5-11)22-14(23)12-6-8-13(20)9-7-12/h1-9,15,21H,10H2,(H,22,23)/t15-/m0/s1. The molecule has 0 heterocycles. The highest BCUT2D eigenvalue weighted by molar-refractivity contribution is 6.68. The van der Waals surface area contributed by atoms with Gasteiger partial charge < -0.3 is 5.32 Å². The topological polar surface area (TPSA) is 41.1 Å². The van der Waals surface area contributed by atoms with Crippen LogP contribution < -0.4 is 10.6 Å². The van der Waals surface area contributed by atoms with E-state index in [9.17, 15) is 9.18 Å². The van der Waals surface area contributed by atoms with Crippen molar-refractivity contribution in [3.8, 4) is 0 Å². The second-order valence-electron chi connectivity index (χ2n) is 4.82. The van der Waals surface area contributed by atoms with Crippen LogP contribution in [0.15, 0.2) is 54.6 Å². The van der Waals surface area contributed by atoms with Crippen molar-refractivity contribution in [2.24, 2.45) is 0 Å². The molecule has 3 nitrogen and oxygen atoms in total. The molecule has 0 aromatic heterocycles. The molecule has 2 aromatic rings. The van der Waals surface area contributed by atoms with E-state index in [2.05, 4.69) is 10.6 Å². The van der Waals surface area contributed by atoms with Crippen molar-refractivity contribution >= 4 is 40.7 Å². The van der Waals surface area contributed by atoms with Crippen molar-refractivity contribution in [2.45, 2.75) is 16.5 Å². The fraction of sp³-hybridized carbons (Fsp3) is 0.188. The Morgan fingerprint density at radius 1 is 1.04 bits per heavy atom. The van der Waals surface area contributed by atoms with Gasteiger partial charge in [-0.05, 0) is 29.8 Å². The third-order valence-corrected chi connectivity index (χ3v) is 3.72. The molecule has 1 atom stereocenters. The van der Waals surface area contributed by atoms with E-state index in [0.717, 1.165) is 5.56 Å². The van der Waals surface area contributed by atoms with Gasteiger partial charge in [0.1, 0.15) is 12.0 Å². The van der Waals surface area contributed by atoms with E-state index in [0.29, 0.717) is 6.54 Å². The van der Waals surface area contributed by atoms with Crippen LogP contribution in [0.2, 0.25) is 0 Å². The van der Waals surface area contributed by atoms with Gasteiger partial charge in [0, 0.05) is 12.1 Å². The molecular weight excluding hydrogens is 362 g/mol. The number of alkyl halides is 3. The highest BCUT2D eigenvalue weighted by Gasteiger charge is 2.33. The van der Waals surface area contributed by atoms with E-state index >= 15 is 0 Å². The van der Waals surface area contributed by atoms with Crippen LogP contribution in [0.4, 0.5) is 4.39 Å². The summed E-state index contributed by atoms with van der Waals surface area (Å²) in [6.45, 7) is 0.406. The maximum Gasteiger partial charge on any atom is 0.252 e. The van der Waals surface area contributed by atoms with Crippen molar-refractivity contribution in [1.82, 2.24) is 10.6 Å². The zero-order valence-electron chi connectivity index (χ0n) is 11.9. The monoisotopic (exact) mass is 374 g/mol. The first-order chi connectivity index (χ1) is 10.9. The van der Waals surface area contributed by atoms with Gasteiger partial charge in [0.05, 0.1) is 0 Å². The van der Waals surface area contributed by atoms with Crippen molar-refractivity contribution in [2.75, 3.05) is 0 Å². The first kappa shape index (κ1) is 18.0. The van der Waals surface area contributed by atoms with Crippen molar-refractivity contribution in [3.63, 3.8) is 0 Å². The molecule has 23 heavy (non-hydrogen) atoms. The molecule has 2 N–H and O–H groups in total. The summed E-state index contributed by atoms with van der Waals surface area (Å²) in [5.74, 6) is -0.899. The lowest BCUT2D eigenvalue weighted by molar-refractivity contribution is 0.0929. The maximum absolute atomic E-state index is 12.9. The second kappa shape index (κ2) is 7.97. The Bertz CT molecular complexity index is 645. The molecule has 0 saturated carbocycles. The smallest absolute Gasteiger partial charge is 0.252 e. The summed E-state index contributed by atoms with van der Waals surface area (Å²) >= 11 is 17.7. The molecule has 1 amide bonds. The summed E-state index contributed by atoms with van der Waals surface area (Å²) in [7, 11) is 0. The van der Waals surface area contributed by atoms with Gasteiger partial charge in [-0.3, -0.25) is 10.1 Å². The van der Waals surface area contributed by atoms with Gasteiger partial charge in [-0.2, -0.15) is 0 Å². The zero-order valence-corrected chi connectivity index (χ0v) is 14.2. The number of amides is 1. The average Bonchev–Trinajstić information content (AvgIpc) is 2.51. The quantitative estimate of drug-likeness (QED) is 0.612. The summed E-state index contributed by atoms with van der Waals surface area (Å²) in [4.78, 5) is 12.2. The Morgan fingerprint density at radius 3 is 2.22 bits per heavy atom. The fourth-order valence-electron chi connectivity index (χ4n) is 1.88. The molecule has 0 unspecified atom stereocenters. The number of rotatable bonds is 5. The molecule has 0 saturated heterocycles. The van der Waals surface area contributed by atoms with Gasteiger partial charge in [-0.15, -0.1) is 0 Å². The Morgan fingerprint density at radius 2 is 1.65 bits per heavy atom. The number of hydrogen-bond donors (Lipinski definition) is 2. The number of benzene rings is 2. The van der Waals surface area contributed by atoms with Crippen LogP contribution in [0.1, 0.15) is 15.9 Å². The van der Waals surface area contributed by atoms with Crippen LogP contribution in [0, 0.1) is 5.82 Å². The second-order valence-corrected chi connectivity index (χ2v) is 7.19. The predicted molar refractivity (Wildman–Crippen MR) is 91.2 cm³/mol. The fourth-order valence-corrected chi connectivity index (χ4v) is 2.28. The molecule has 0 fully saturated rings. The van der Waals surface area contributed by atoms with E-state index in [-0.39, 0.29) is 5.56 Å². The molecule has 0 aliphatic carbocycles. The van der Waals surface area contributed by atoms with Crippen LogP contribution in [-0.4, -0.2) is 15.9 Å². The van der Waals surface area contributed by atoms with E-state index in [4.69, 9.17) is 34.8 Å². The molecule has 0 spiro atoms. The van der Waals surface area contributed by atoms with Gasteiger partial charge in [0.2, 0.25) is 3.79 Å². The van der Waals surface area contributed by atoms with E-state index < -0.39 is 21.7 Å². The molecule has 0 bridgehead atoms. The SMILES string of the molecule is O=C(N[C@H](NCc1ccccc1)C(Cl)(Cl)Cl)c1ccc(F)cc1. The Labute approximate surface area is 148 Å². The lowest BCUT2D eigenvalue weighted by Gasteiger charge is -2.26. The van der Waals surface area contributed by atoms with Crippen LogP contribution >= 0.6 is 34.8 Å². The van der Waals surface area contributed by atoms with Gasteiger partial charge in [0.15, 0.2) is 0 Å². The summed E-state index contributed by atoms with van der Waals surface area (Å²) in [6, 6.07) is 14.6. The van der Waals surface area contributed by atoms with Crippen LogP contribution in [0.3, 0.4) is 0 Å². The first-order valence-electron chi connectivity index (χ1n) is 6.77. The highest BCUT2D eigenvalue weighted by atomic mass is 35.6. The zero-order chi connectivity index (χ0) is 16.9. The van der Waals surface area contributed by atoms with E-state index in [1.807, 2.05) is 30.3 Å². The van der Waals surface area contributed by atoms with Crippen LogP contribution in [0.25, 0.3) is 0 Å². The molecule has 2 aromatic carbocycles. The lowest BCUT2D eigenvalue weighted by Crippen LogP contribution is -2.53. The van der Waals surface area contributed by atoms with Crippen molar-refractivity contribution in [1.29, 1.82) is 0 Å². The van der Waals surface area contributed by atoms with Crippen molar-refractivity contribution in [3.05, 3.63) is 71.5 Å². The minimum absolute atomic E-state index is 0.271. The van der Waals surface area contributed by atoms with Gasteiger partial charge in [0.25, 0.3) is 5.91 Å². The molecular formula is C16H14Cl3FN2O. The third-order valence-electron chi connectivity index (χ3n) is 3.06. The van der Waals surface area contributed by atoms with Crippen molar-refractivity contribution < 1.29 is 9.18 Å². The van der Waals surface area contributed by atoms with Crippen LogP contribution in [-0.2, 0) is 6.54 Å². The average molecular weight is 376 g/mol. The minimum atomic E-state index is -1.75. The van der Waals surface area contributed by atoms with Gasteiger partial charge in [-0.25, -0.2) is 4.39 Å². The Balaban J connectivity index is 2.04. The normalized spacial score (nSPS) is 12.7. The summed E-state index contributed by atoms with van der Waals surface area (Å²) in [5.41, 5.74) is 1.25. The summed E-state index contributed by atoms with van der Waals surface area (Å²) in [6.07, 6.45) is -0.912. The number of carbonyl (C=O) groups is 1.